The molecule has 2 unspecified atom stereocenters. The summed E-state index contributed by atoms with van der Waals surface area (Å²) in [6.07, 6.45) is 2.29. The van der Waals surface area contributed by atoms with E-state index < -0.39 is 0 Å². The third kappa shape index (κ3) is 6.42. The van der Waals surface area contributed by atoms with Gasteiger partial charge in [-0.2, -0.15) is 0 Å². The molecule has 0 spiro atoms. The van der Waals surface area contributed by atoms with Crippen LogP contribution in [-0.4, -0.2) is 37.0 Å². The van der Waals surface area contributed by atoms with Gasteiger partial charge in [0.25, 0.3) is 0 Å². The van der Waals surface area contributed by atoms with E-state index in [0.29, 0.717) is 19.0 Å². The molecule has 30 heavy (non-hydrogen) atoms. The summed E-state index contributed by atoms with van der Waals surface area (Å²) in [5.74, 6) is -0.0690. The number of hydrogen-bond acceptors (Lipinski definition) is 4. The highest BCUT2D eigenvalue weighted by molar-refractivity contribution is 5.79. The topological polar surface area (TPSA) is 58.6 Å². The van der Waals surface area contributed by atoms with Crippen LogP contribution in [0.25, 0.3) is 0 Å². The number of methoxy groups -OCH3 is 1. The summed E-state index contributed by atoms with van der Waals surface area (Å²) >= 11 is 0. The van der Waals surface area contributed by atoms with Gasteiger partial charge < -0.3 is 10.1 Å². The Morgan fingerprint density at radius 3 is 2.37 bits per heavy atom. The van der Waals surface area contributed by atoms with E-state index in [0.717, 1.165) is 24.0 Å². The zero-order valence-electron chi connectivity index (χ0n) is 18.1. The summed E-state index contributed by atoms with van der Waals surface area (Å²) in [7, 11) is 1.40. The zero-order chi connectivity index (χ0) is 21.5. The Balaban J connectivity index is 1.67. The third-order valence-electron chi connectivity index (χ3n) is 5.60. The lowest BCUT2D eigenvalue weighted by Gasteiger charge is -2.26. The van der Waals surface area contributed by atoms with Crippen molar-refractivity contribution in [2.75, 3.05) is 20.2 Å². The van der Waals surface area contributed by atoms with Crippen molar-refractivity contribution in [3.63, 3.8) is 0 Å². The summed E-state index contributed by atoms with van der Waals surface area (Å²) in [6, 6.07) is 18.5. The van der Waals surface area contributed by atoms with Gasteiger partial charge in [-0.25, -0.2) is 0 Å². The predicted octanol–water partition coefficient (Wildman–Crippen LogP) is 3.87. The van der Waals surface area contributed by atoms with E-state index in [1.54, 1.807) is 0 Å². The van der Waals surface area contributed by atoms with Gasteiger partial charge >= 0.3 is 5.97 Å². The molecule has 0 aliphatic heterocycles. The molecule has 1 amide bonds. The Morgan fingerprint density at radius 2 is 1.77 bits per heavy atom. The Morgan fingerprint density at radius 1 is 1.10 bits per heavy atom. The first kappa shape index (κ1) is 22.0. The van der Waals surface area contributed by atoms with Crippen molar-refractivity contribution in [2.24, 2.45) is 11.8 Å². The highest BCUT2D eigenvalue weighted by Crippen LogP contribution is 2.41. The second kappa shape index (κ2) is 10.4. The molecule has 160 valence electrons. The van der Waals surface area contributed by atoms with Crippen LogP contribution in [0.3, 0.4) is 0 Å². The molecule has 0 bridgehead atoms. The van der Waals surface area contributed by atoms with E-state index in [-0.39, 0.29) is 30.4 Å². The van der Waals surface area contributed by atoms with Crippen molar-refractivity contribution in [3.8, 4) is 0 Å². The van der Waals surface area contributed by atoms with E-state index in [1.165, 1.54) is 12.7 Å². The molecule has 0 radical (unpaired) electrons. The molecular weight excluding hydrogens is 376 g/mol. The summed E-state index contributed by atoms with van der Waals surface area (Å²) in [5.41, 5.74) is 3.49. The number of carbonyl (C=O) groups excluding carboxylic acids is 2. The van der Waals surface area contributed by atoms with E-state index in [2.05, 4.69) is 36.5 Å². The Hall–Kier alpha value is -2.66. The molecular formula is C25H32N2O3. The highest BCUT2D eigenvalue weighted by Gasteiger charge is 2.33. The van der Waals surface area contributed by atoms with Gasteiger partial charge in [0.05, 0.1) is 25.6 Å². The fourth-order valence-corrected chi connectivity index (χ4v) is 3.79. The average molecular weight is 409 g/mol. The molecule has 2 aromatic carbocycles. The van der Waals surface area contributed by atoms with Gasteiger partial charge in [0.15, 0.2) is 0 Å². The van der Waals surface area contributed by atoms with Gasteiger partial charge in [0.2, 0.25) is 5.91 Å². The van der Waals surface area contributed by atoms with Crippen LogP contribution in [0, 0.1) is 18.8 Å². The van der Waals surface area contributed by atoms with Crippen LogP contribution in [0.2, 0.25) is 0 Å². The van der Waals surface area contributed by atoms with Crippen molar-refractivity contribution < 1.29 is 14.3 Å². The molecule has 1 fully saturated rings. The van der Waals surface area contributed by atoms with Gasteiger partial charge in [-0.3, -0.25) is 14.5 Å². The van der Waals surface area contributed by atoms with Gasteiger partial charge in [-0.1, -0.05) is 67.1 Å². The number of carbonyl (C=O) groups is 2. The lowest BCUT2D eigenvalue weighted by Crippen LogP contribution is -2.41. The Labute approximate surface area is 179 Å². The van der Waals surface area contributed by atoms with Crippen LogP contribution in [0.1, 0.15) is 42.5 Å². The number of hydrogen-bond donors (Lipinski definition) is 1. The molecule has 2 aromatic rings. The number of amides is 1. The molecule has 5 heteroatoms. The van der Waals surface area contributed by atoms with Gasteiger partial charge in [-0.05, 0) is 36.8 Å². The Kier molecular flexibility index (Phi) is 7.63. The molecule has 3 rings (SSSR count). The smallest absolute Gasteiger partial charge is 0.309 e. The van der Waals surface area contributed by atoms with E-state index in [9.17, 15) is 9.59 Å². The van der Waals surface area contributed by atoms with Crippen LogP contribution >= 0.6 is 0 Å². The molecule has 0 heterocycles. The van der Waals surface area contributed by atoms with Crippen molar-refractivity contribution >= 4 is 11.9 Å². The zero-order valence-corrected chi connectivity index (χ0v) is 18.1. The van der Waals surface area contributed by atoms with Gasteiger partial charge in [0, 0.05) is 13.1 Å². The quantitative estimate of drug-likeness (QED) is 0.606. The van der Waals surface area contributed by atoms with Crippen LogP contribution in [0.15, 0.2) is 54.6 Å². The van der Waals surface area contributed by atoms with E-state index in [4.69, 9.17) is 4.74 Å². The van der Waals surface area contributed by atoms with Crippen molar-refractivity contribution in [3.05, 3.63) is 71.3 Å². The SMILES string of the molecule is COC(=O)C(C)CN(CC(=O)NC(c1ccc(C)cc1)C1CC1)Cc1ccccc1. The van der Waals surface area contributed by atoms with E-state index >= 15 is 0 Å². The van der Waals surface area contributed by atoms with Crippen molar-refractivity contribution in [1.29, 1.82) is 0 Å². The average Bonchev–Trinajstić information content (AvgIpc) is 3.58. The maximum absolute atomic E-state index is 13.0. The summed E-state index contributed by atoms with van der Waals surface area (Å²) in [4.78, 5) is 26.9. The van der Waals surface area contributed by atoms with Crippen molar-refractivity contribution in [2.45, 2.75) is 39.3 Å². The predicted molar refractivity (Wildman–Crippen MR) is 118 cm³/mol. The number of nitrogens with one attached hydrogen (secondary N) is 1. The molecule has 1 N–H and O–H groups in total. The largest absolute Gasteiger partial charge is 0.469 e. The van der Waals surface area contributed by atoms with Crippen LogP contribution in [0.5, 0.6) is 0 Å². The number of nitrogens with zero attached hydrogens (tertiary/aromatic N) is 1. The first-order valence-electron chi connectivity index (χ1n) is 10.7. The maximum atomic E-state index is 13.0. The lowest BCUT2D eigenvalue weighted by atomic mass is 10.0. The molecule has 2 atom stereocenters. The van der Waals surface area contributed by atoms with Gasteiger partial charge in [-0.15, -0.1) is 0 Å². The molecule has 0 saturated heterocycles. The van der Waals surface area contributed by atoms with Crippen molar-refractivity contribution in [1.82, 2.24) is 10.2 Å². The van der Waals surface area contributed by atoms with Crippen LogP contribution in [0.4, 0.5) is 0 Å². The van der Waals surface area contributed by atoms with Crippen LogP contribution in [-0.2, 0) is 20.9 Å². The second-order valence-corrected chi connectivity index (χ2v) is 8.37. The third-order valence-corrected chi connectivity index (χ3v) is 5.60. The second-order valence-electron chi connectivity index (χ2n) is 8.37. The molecule has 5 nitrogen and oxygen atoms in total. The first-order chi connectivity index (χ1) is 14.5. The van der Waals surface area contributed by atoms with Gasteiger partial charge in [0.1, 0.15) is 0 Å². The normalized spacial score (nSPS) is 15.5. The number of esters is 1. The molecule has 1 aliphatic carbocycles. The monoisotopic (exact) mass is 408 g/mol. The molecule has 1 aliphatic rings. The minimum Gasteiger partial charge on any atom is -0.469 e. The van der Waals surface area contributed by atoms with E-state index in [1.807, 2.05) is 42.2 Å². The number of aryl methyl sites for hydroxylation is 1. The minimum absolute atomic E-state index is 0.0135. The molecule has 1 saturated carbocycles. The summed E-state index contributed by atoms with van der Waals surface area (Å²) in [6.45, 7) is 5.21. The highest BCUT2D eigenvalue weighted by atomic mass is 16.5. The number of benzene rings is 2. The molecule has 0 aromatic heterocycles. The number of ether oxygens (including phenoxy) is 1. The maximum Gasteiger partial charge on any atom is 0.309 e. The summed E-state index contributed by atoms with van der Waals surface area (Å²) < 4.78 is 4.87. The fraction of sp³-hybridized carbons (Fsp3) is 0.440. The lowest BCUT2D eigenvalue weighted by molar-refractivity contribution is -0.145. The minimum atomic E-state index is -0.303. The Bertz CT molecular complexity index is 831. The van der Waals surface area contributed by atoms with Crippen LogP contribution < -0.4 is 5.32 Å². The first-order valence-corrected chi connectivity index (χ1v) is 10.7. The fourth-order valence-electron chi connectivity index (χ4n) is 3.79. The standard InChI is InChI=1S/C25H32N2O3/c1-18-9-11-21(12-10-18)24(22-13-14-22)26-23(28)17-27(15-19(2)25(29)30-3)16-20-7-5-4-6-8-20/h4-12,19,22,24H,13-17H2,1-3H3,(H,26,28). The summed E-state index contributed by atoms with van der Waals surface area (Å²) in [5, 5.41) is 3.25. The number of rotatable bonds is 10.